The number of carbonyl (C=O) groups excluding carboxylic acids is 1. The van der Waals surface area contributed by atoms with E-state index in [4.69, 9.17) is 4.74 Å². The Labute approximate surface area is 163 Å². The molecule has 1 atom stereocenters. The maximum Gasteiger partial charge on any atom is 0.269 e. The lowest BCUT2D eigenvalue weighted by molar-refractivity contribution is 0.0675. The molecule has 8 heteroatoms. The van der Waals surface area contributed by atoms with Crippen LogP contribution in [0.1, 0.15) is 33.4 Å². The minimum Gasteiger partial charge on any atom is -0.383 e. The Morgan fingerprint density at radius 2 is 2.26 bits per heavy atom. The maximum atomic E-state index is 12.7. The second kappa shape index (κ2) is 8.67. The molecule has 0 spiro atoms. The number of nitrogens with zero attached hydrogens (tertiary/aromatic N) is 4. The molecule has 146 valence electrons. The molecule has 0 unspecified atom stereocenters. The normalized spacial score (nSPS) is 17.1. The van der Waals surface area contributed by atoms with E-state index in [2.05, 4.69) is 5.10 Å². The van der Waals surface area contributed by atoms with Gasteiger partial charge in [0.2, 0.25) is 0 Å². The number of likely N-dealkylation sites (N-methyl/N-ethyl adjacent to an activating group) is 1. The monoisotopic (exact) mass is 390 g/mol. The van der Waals surface area contributed by atoms with Crippen LogP contribution in [0, 0.1) is 6.92 Å². The van der Waals surface area contributed by atoms with E-state index in [0.29, 0.717) is 19.7 Å². The second-order valence-corrected chi connectivity index (χ2v) is 8.16. The number of hydrogen-bond donors (Lipinski definition) is 0. The third-order valence-electron chi connectivity index (χ3n) is 4.86. The van der Waals surface area contributed by atoms with E-state index >= 15 is 0 Å². The summed E-state index contributed by atoms with van der Waals surface area (Å²) in [7, 11) is 3.56. The summed E-state index contributed by atoms with van der Waals surface area (Å²) in [4.78, 5) is 31.0. The van der Waals surface area contributed by atoms with Crippen LogP contribution in [-0.2, 0) is 4.74 Å². The van der Waals surface area contributed by atoms with E-state index in [1.165, 1.54) is 16.0 Å². The van der Waals surface area contributed by atoms with Crippen LogP contribution in [0.3, 0.4) is 0 Å². The van der Waals surface area contributed by atoms with Gasteiger partial charge in [-0.15, -0.1) is 11.3 Å². The number of aryl methyl sites for hydroxylation is 1. The number of likely N-dealkylation sites (tertiary alicyclic amines) is 1. The zero-order valence-corrected chi connectivity index (χ0v) is 16.9. The summed E-state index contributed by atoms with van der Waals surface area (Å²) in [6.45, 7) is 4.50. The summed E-state index contributed by atoms with van der Waals surface area (Å²) in [6, 6.07) is 5.35. The van der Waals surface area contributed by atoms with Crippen molar-refractivity contribution in [3.05, 3.63) is 44.5 Å². The molecule has 3 heterocycles. The van der Waals surface area contributed by atoms with E-state index < -0.39 is 0 Å². The summed E-state index contributed by atoms with van der Waals surface area (Å²) >= 11 is 1.51. The highest BCUT2D eigenvalue weighted by atomic mass is 32.1. The number of rotatable bonds is 6. The van der Waals surface area contributed by atoms with E-state index in [1.807, 2.05) is 35.9 Å². The van der Waals surface area contributed by atoms with Gasteiger partial charge in [0.25, 0.3) is 11.5 Å². The smallest absolute Gasteiger partial charge is 0.269 e. The molecule has 1 saturated heterocycles. The Hall–Kier alpha value is -2.19. The fraction of sp³-hybridized carbons (Fsp3) is 0.526. The minimum absolute atomic E-state index is 0.0433. The van der Waals surface area contributed by atoms with E-state index in [0.717, 1.165) is 34.8 Å². The van der Waals surface area contributed by atoms with Gasteiger partial charge in [0, 0.05) is 44.7 Å². The van der Waals surface area contributed by atoms with Gasteiger partial charge >= 0.3 is 0 Å². The molecule has 0 saturated carbocycles. The maximum absolute atomic E-state index is 12.7. The van der Waals surface area contributed by atoms with Gasteiger partial charge in [-0.05, 0) is 31.9 Å². The van der Waals surface area contributed by atoms with Crippen LogP contribution in [0.5, 0.6) is 0 Å². The Morgan fingerprint density at radius 3 is 2.93 bits per heavy atom. The van der Waals surface area contributed by atoms with Crippen LogP contribution in [0.2, 0.25) is 0 Å². The van der Waals surface area contributed by atoms with Crippen molar-refractivity contribution in [1.82, 2.24) is 14.7 Å². The first-order valence-electron chi connectivity index (χ1n) is 9.14. The number of ether oxygens (including phenoxy) is 1. The van der Waals surface area contributed by atoms with Gasteiger partial charge in [-0.25, -0.2) is 4.68 Å². The minimum atomic E-state index is -0.136. The molecular formula is C19H26N4O3S. The van der Waals surface area contributed by atoms with Gasteiger partial charge in [-0.2, -0.15) is 5.10 Å². The topological polar surface area (TPSA) is 67.7 Å². The third-order valence-corrected chi connectivity index (χ3v) is 5.85. The number of piperidine rings is 1. The second-order valence-electron chi connectivity index (χ2n) is 6.87. The van der Waals surface area contributed by atoms with Crippen LogP contribution in [0.25, 0.3) is 0 Å². The Bertz CT molecular complexity index is 847. The summed E-state index contributed by atoms with van der Waals surface area (Å²) in [5, 5.41) is 4.39. The van der Waals surface area contributed by atoms with Crippen molar-refractivity contribution in [3.63, 3.8) is 0 Å². The van der Waals surface area contributed by atoms with Crippen molar-refractivity contribution in [2.45, 2.75) is 25.8 Å². The van der Waals surface area contributed by atoms with Crippen molar-refractivity contribution in [2.75, 3.05) is 45.3 Å². The fourth-order valence-electron chi connectivity index (χ4n) is 3.29. The molecule has 3 rings (SSSR count). The molecular weight excluding hydrogens is 364 g/mol. The molecule has 1 aliphatic rings. The fourth-order valence-corrected chi connectivity index (χ4v) is 4.13. The largest absolute Gasteiger partial charge is 0.383 e. The SMILES string of the molecule is COCCN(C)c1cnn([C@@H]2CCCN(C(=O)c3ccc(C)s3)C2)c(=O)c1. The number of anilines is 1. The highest BCUT2D eigenvalue weighted by Gasteiger charge is 2.27. The van der Waals surface area contributed by atoms with E-state index in [1.54, 1.807) is 19.4 Å². The first-order valence-corrected chi connectivity index (χ1v) is 9.96. The molecule has 0 bridgehead atoms. The molecule has 1 amide bonds. The van der Waals surface area contributed by atoms with Gasteiger partial charge in [0.15, 0.2) is 0 Å². The molecule has 0 aromatic carbocycles. The van der Waals surface area contributed by atoms with Crippen LogP contribution in [0.4, 0.5) is 5.69 Å². The van der Waals surface area contributed by atoms with E-state index in [-0.39, 0.29) is 17.5 Å². The third kappa shape index (κ3) is 4.56. The summed E-state index contributed by atoms with van der Waals surface area (Å²) in [5.41, 5.74) is 0.633. The van der Waals surface area contributed by atoms with Gasteiger partial charge < -0.3 is 14.5 Å². The molecule has 7 nitrogen and oxygen atoms in total. The molecule has 27 heavy (non-hydrogen) atoms. The van der Waals surface area contributed by atoms with Crippen molar-refractivity contribution in [3.8, 4) is 0 Å². The first-order chi connectivity index (χ1) is 13.0. The Balaban J connectivity index is 1.72. The highest BCUT2D eigenvalue weighted by molar-refractivity contribution is 7.13. The van der Waals surface area contributed by atoms with Crippen LogP contribution in [-0.4, -0.2) is 61.0 Å². The number of methoxy groups -OCH3 is 1. The number of amides is 1. The molecule has 0 radical (unpaired) electrons. The lowest BCUT2D eigenvalue weighted by Crippen LogP contribution is -2.43. The highest BCUT2D eigenvalue weighted by Crippen LogP contribution is 2.24. The number of hydrogen-bond acceptors (Lipinski definition) is 6. The lowest BCUT2D eigenvalue weighted by atomic mass is 10.1. The zero-order chi connectivity index (χ0) is 19.4. The van der Waals surface area contributed by atoms with Gasteiger partial charge in [-0.3, -0.25) is 9.59 Å². The number of carbonyl (C=O) groups is 1. The van der Waals surface area contributed by atoms with Gasteiger partial charge in [-0.1, -0.05) is 0 Å². The summed E-state index contributed by atoms with van der Waals surface area (Å²) < 4.78 is 6.59. The van der Waals surface area contributed by atoms with Crippen LogP contribution in [0.15, 0.2) is 29.2 Å². The summed E-state index contributed by atoms with van der Waals surface area (Å²) in [5.74, 6) is 0.0433. The molecule has 2 aromatic rings. The molecule has 0 N–H and O–H groups in total. The standard InChI is InChI=1S/C19H26N4O3S/c1-14-6-7-17(27-14)19(25)22-8-4-5-15(13-22)23-18(24)11-16(12-20-23)21(2)9-10-26-3/h6-7,11-12,15H,4-5,8-10,13H2,1-3H3/t15-/m1/s1. The number of thiophene rings is 1. The van der Waals surface area contributed by atoms with Crippen LogP contribution >= 0.6 is 11.3 Å². The zero-order valence-electron chi connectivity index (χ0n) is 16.1. The molecule has 1 fully saturated rings. The van der Waals surface area contributed by atoms with Crippen LogP contribution < -0.4 is 10.5 Å². The first kappa shape index (κ1) is 19.6. The number of aromatic nitrogens is 2. The molecule has 2 aromatic heterocycles. The predicted octanol–water partition coefficient (Wildman–Crippen LogP) is 2.17. The van der Waals surface area contributed by atoms with Crippen molar-refractivity contribution < 1.29 is 9.53 Å². The molecule has 1 aliphatic heterocycles. The predicted molar refractivity (Wildman–Crippen MR) is 107 cm³/mol. The Morgan fingerprint density at radius 1 is 1.44 bits per heavy atom. The van der Waals surface area contributed by atoms with Crippen molar-refractivity contribution in [1.29, 1.82) is 0 Å². The van der Waals surface area contributed by atoms with Gasteiger partial charge in [0.05, 0.1) is 29.4 Å². The average molecular weight is 391 g/mol. The summed E-state index contributed by atoms with van der Waals surface area (Å²) in [6.07, 6.45) is 3.42. The average Bonchev–Trinajstić information content (AvgIpc) is 3.11. The van der Waals surface area contributed by atoms with E-state index in [9.17, 15) is 9.59 Å². The van der Waals surface area contributed by atoms with Crippen molar-refractivity contribution >= 4 is 22.9 Å². The lowest BCUT2D eigenvalue weighted by Gasteiger charge is -2.33. The van der Waals surface area contributed by atoms with Gasteiger partial charge in [0.1, 0.15) is 0 Å². The van der Waals surface area contributed by atoms with Crippen molar-refractivity contribution in [2.24, 2.45) is 0 Å². The Kier molecular flexibility index (Phi) is 6.28. The quantitative estimate of drug-likeness (QED) is 0.756. The molecule has 0 aliphatic carbocycles.